The lowest BCUT2D eigenvalue weighted by molar-refractivity contribution is 0.592. The van der Waals surface area contributed by atoms with Crippen molar-refractivity contribution in [2.24, 2.45) is 0 Å². The summed E-state index contributed by atoms with van der Waals surface area (Å²) in [5.41, 5.74) is 12.6. The summed E-state index contributed by atoms with van der Waals surface area (Å²) in [6.07, 6.45) is 0. The Morgan fingerprint density at radius 1 is 0.345 bits per heavy atom. The summed E-state index contributed by atoms with van der Waals surface area (Å²) < 4.78 is 17.7. The van der Waals surface area contributed by atoms with E-state index >= 15 is 4.57 Å². The van der Waals surface area contributed by atoms with Gasteiger partial charge < -0.3 is 9.13 Å². The summed E-state index contributed by atoms with van der Waals surface area (Å²) in [6.45, 7) is 0. The van der Waals surface area contributed by atoms with Gasteiger partial charge in [0.2, 0.25) is 0 Å². The number of fused-ring (bicyclic) bond motifs is 6. The van der Waals surface area contributed by atoms with Crippen molar-refractivity contribution in [1.82, 2.24) is 4.57 Å². The molecule has 10 aromatic rings. The molecule has 0 bridgehead atoms. The number of nitrogens with zero attached hydrogens (tertiary/aromatic N) is 1. The highest BCUT2D eigenvalue weighted by atomic mass is 31.2. The van der Waals surface area contributed by atoms with Crippen molar-refractivity contribution in [3.05, 3.63) is 253 Å². The lowest BCUT2D eigenvalue weighted by atomic mass is 9.67. The summed E-state index contributed by atoms with van der Waals surface area (Å²) >= 11 is 0. The van der Waals surface area contributed by atoms with Crippen molar-refractivity contribution in [3.63, 3.8) is 0 Å². The van der Waals surface area contributed by atoms with Crippen LogP contribution in [0.2, 0.25) is 0 Å². The summed E-state index contributed by atoms with van der Waals surface area (Å²) in [5, 5.41) is 5.01. The van der Waals surface area contributed by atoms with Crippen molar-refractivity contribution in [2.45, 2.75) is 5.41 Å². The van der Waals surface area contributed by atoms with Crippen molar-refractivity contribution >= 4 is 44.9 Å². The fourth-order valence-electron chi connectivity index (χ4n) is 9.58. The van der Waals surface area contributed by atoms with Crippen LogP contribution in [0.15, 0.2) is 231 Å². The van der Waals surface area contributed by atoms with Crippen LogP contribution in [0.25, 0.3) is 49.7 Å². The highest BCUT2D eigenvalue weighted by Gasteiger charge is 2.46. The maximum atomic E-state index is 15.4. The number of para-hydroxylation sites is 2. The number of rotatable bonds is 7. The van der Waals surface area contributed by atoms with Crippen LogP contribution in [0.3, 0.4) is 0 Å². The Labute approximate surface area is 338 Å². The molecule has 3 heteroatoms. The molecule has 0 aliphatic heterocycles. The molecule has 58 heavy (non-hydrogen) atoms. The molecular formula is C55H38NOP. The second-order valence-electron chi connectivity index (χ2n) is 15.2. The van der Waals surface area contributed by atoms with E-state index in [4.69, 9.17) is 0 Å². The summed E-state index contributed by atoms with van der Waals surface area (Å²) in [6, 6.07) is 81.5. The third-order valence-electron chi connectivity index (χ3n) is 12.2. The average Bonchev–Trinajstić information content (AvgIpc) is 3.81. The molecule has 274 valence electrons. The summed E-state index contributed by atoms with van der Waals surface area (Å²) in [7, 11) is -3.14. The van der Waals surface area contributed by atoms with Crippen molar-refractivity contribution < 1.29 is 4.57 Å². The molecule has 0 spiro atoms. The molecule has 1 heterocycles. The van der Waals surface area contributed by atoms with Crippen LogP contribution in [-0.2, 0) is 9.98 Å². The van der Waals surface area contributed by atoms with Crippen molar-refractivity contribution in [2.75, 3.05) is 0 Å². The van der Waals surface area contributed by atoms with Gasteiger partial charge in [-0.2, -0.15) is 0 Å². The minimum absolute atomic E-state index is 0.575. The highest BCUT2D eigenvalue weighted by molar-refractivity contribution is 7.85. The first-order chi connectivity index (χ1) is 28.7. The minimum Gasteiger partial charge on any atom is -0.309 e. The van der Waals surface area contributed by atoms with E-state index in [1.807, 2.05) is 60.7 Å². The third-order valence-corrected chi connectivity index (χ3v) is 15.3. The van der Waals surface area contributed by atoms with E-state index in [-0.39, 0.29) is 0 Å². The van der Waals surface area contributed by atoms with Crippen LogP contribution in [0.5, 0.6) is 0 Å². The zero-order valence-corrected chi connectivity index (χ0v) is 32.6. The smallest absolute Gasteiger partial charge is 0.171 e. The molecule has 0 radical (unpaired) electrons. The maximum Gasteiger partial charge on any atom is 0.171 e. The molecule has 1 aliphatic carbocycles. The Kier molecular flexibility index (Phi) is 8.03. The van der Waals surface area contributed by atoms with Gasteiger partial charge in [-0.25, -0.2) is 0 Å². The van der Waals surface area contributed by atoms with Crippen LogP contribution < -0.4 is 15.9 Å². The molecule has 1 aliphatic rings. The Balaban J connectivity index is 1.03. The Morgan fingerprint density at radius 3 is 1.22 bits per heavy atom. The van der Waals surface area contributed by atoms with Crippen LogP contribution >= 0.6 is 7.14 Å². The molecule has 0 amide bonds. The van der Waals surface area contributed by atoms with Gasteiger partial charge in [0, 0.05) is 32.4 Å². The molecule has 9 aromatic carbocycles. The highest BCUT2D eigenvalue weighted by Crippen LogP contribution is 2.56. The normalized spacial score (nSPS) is 13.0. The minimum atomic E-state index is -3.14. The first-order valence-corrected chi connectivity index (χ1v) is 21.6. The van der Waals surface area contributed by atoms with Gasteiger partial charge in [0.1, 0.15) is 0 Å². The molecule has 1 aromatic heterocycles. The third kappa shape index (κ3) is 5.09. The van der Waals surface area contributed by atoms with Gasteiger partial charge in [0.25, 0.3) is 0 Å². The molecule has 0 N–H and O–H groups in total. The quantitative estimate of drug-likeness (QED) is 0.148. The van der Waals surface area contributed by atoms with E-state index in [1.165, 1.54) is 55.2 Å². The number of benzene rings is 9. The molecule has 11 rings (SSSR count). The molecule has 0 atom stereocenters. The predicted molar refractivity (Wildman–Crippen MR) is 243 cm³/mol. The fraction of sp³-hybridized carbons (Fsp3) is 0.0182. The monoisotopic (exact) mass is 759 g/mol. The zero-order valence-electron chi connectivity index (χ0n) is 31.7. The van der Waals surface area contributed by atoms with E-state index < -0.39 is 12.6 Å². The molecule has 0 saturated carbocycles. The van der Waals surface area contributed by atoms with Gasteiger partial charge in [-0.1, -0.05) is 206 Å². The van der Waals surface area contributed by atoms with Gasteiger partial charge in [-0.05, 0) is 68.8 Å². The van der Waals surface area contributed by atoms with E-state index in [1.54, 1.807) is 0 Å². The maximum absolute atomic E-state index is 15.4. The van der Waals surface area contributed by atoms with Crippen LogP contribution in [-0.4, -0.2) is 4.57 Å². The molecule has 0 unspecified atom stereocenters. The second kappa shape index (κ2) is 13.6. The van der Waals surface area contributed by atoms with Gasteiger partial charge in [0.15, 0.2) is 7.14 Å². The fourth-order valence-corrected chi connectivity index (χ4v) is 12.2. The lowest BCUT2D eigenvalue weighted by Gasteiger charge is -2.34. The zero-order chi connectivity index (χ0) is 38.7. The number of aromatic nitrogens is 1. The standard InChI is InChI=1S/C55H38NOP/c57-58(44-15-3-1-4-16-44,45-17-5-2-6-18-45)46-37-33-42(34-38-46)55(51-23-11-7-19-47(51)48-20-8-12-24-52(48)55)41-31-27-39(28-32-41)40-29-35-43(36-30-40)56-53-25-13-9-21-49(53)50-22-10-14-26-54(50)56/h1-38H. The average molecular weight is 760 g/mol. The molecule has 0 fully saturated rings. The topological polar surface area (TPSA) is 22.0 Å². The van der Waals surface area contributed by atoms with Crippen LogP contribution in [0, 0.1) is 0 Å². The van der Waals surface area contributed by atoms with Crippen molar-refractivity contribution in [1.29, 1.82) is 0 Å². The summed E-state index contributed by atoms with van der Waals surface area (Å²) in [5.74, 6) is 0. The SMILES string of the molecule is O=P(c1ccccc1)(c1ccccc1)c1ccc(C2(c3ccc(-c4ccc(-n5c6ccccc6c6ccccc65)cc4)cc3)c3ccccc3-c3ccccc32)cc1. The first-order valence-electron chi connectivity index (χ1n) is 19.9. The molecular weight excluding hydrogens is 722 g/mol. The summed E-state index contributed by atoms with van der Waals surface area (Å²) in [4.78, 5) is 0. The number of hydrogen-bond donors (Lipinski definition) is 0. The van der Waals surface area contributed by atoms with E-state index in [0.717, 1.165) is 32.7 Å². The van der Waals surface area contributed by atoms with Crippen LogP contribution in [0.4, 0.5) is 0 Å². The van der Waals surface area contributed by atoms with Crippen LogP contribution in [0.1, 0.15) is 22.3 Å². The molecule has 0 saturated heterocycles. The molecule has 2 nitrogen and oxygen atoms in total. The van der Waals surface area contributed by atoms with Gasteiger partial charge in [-0.3, -0.25) is 0 Å². The van der Waals surface area contributed by atoms with Gasteiger partial charge >= 0.3 is 0 Å². The Bertz CT molecular complexity index is 3020. The number of hydrogen-bond acceptors (Lipinski definition) is 1. The second-order valence-corrected chi connectivity index (χ2v) is 17.9. The van der Waals surface area contributed by atoms with E-state index in [9.17, 15) is 0 Å². The van der Waals surface area contributed by atoms with E-state index in [0.29, 0.717) is 0 Å². The Hall–Kier alpha value is -6.99. The largest absolute Gasteiger partial charge is 0.309 e. The van der Waals surface area contributed by atoms with E-state index in [2.05, 4.69) is 174 Å². The van der Waals surface area contributed by atoms with Crippen molar-refractivity contribution in [3.8, 4) is 27.9 Å². The Morgan fingerprint density at radius 2 is 0.724 bits per heavy atom. The lowest BCUT2D eigenvalue weighted by Crippen LogP contribution is -2.30. The van der Waals surface area contributed by atoms with Gasteiger partial charge in [-0.15, -0.1) is 0 Å². The first kappa shape index (κ1) is 34.3. The van der Waals surface area contributed by atoms with Gasteiger partial charge in [0.05, 0.1) is 16.4 Å². The predicted octanol–water partition coefficient (Wildman–Crippen LogP) is 12.5.